The molecule has 1 aromatic carbocycles. The van der Waals surface area contributed by atoms with Crippen LogP contribution in [-0.2, 0) is 11.3 Å². The van der Waals surface area contributed by atoms with Crippen molar-refractivity contribution in [2.24, 2.45) is 0 Å². The van der Waals surface area contributed by atoms with Crippen LogP contribution >= 0.6 is 0 Å². The summed E-state index contributed by atoms with van der Waals surface area (Å²) in [5.41, 5.74) is 2.45. The van der Waals surface area contributed by atoms with E-state index in [2.05, 4.69) is 0 Å². The third-order valence-electron chi connectivity index (χ3n) is 2.30. The Morgan fingerprint density at radius 2 is 2.00 bits per heavy atom. The lowest BCUT2D eigenvalue weighted by atomic mass is 10.0. The fraction of sp³-hybridized carbons (Fsp3) is 0.417. The van der Waals surface area contributed by atoms with Gasteiger partial charge in [0.05, 0.1) is 19.3 Å². The van der Waals surface area contributed by atoms with Crippen LogP contribution in [0.25, 0.3) is 0 Å². The zero-order valence-corrected chi connectivity index (χ0v) is 9.59. The number of carbonyl (C=O) groups is 1. The minimum absolute atomic E-state index is 0.00241. The molecule has 0 heterocycles. The molecular weight excluding hydrogens is 192 g/mol. The van der Waals surface area contributed by atoms with Gasteiger partial charge in [0.15, 0.2) is 5.78 Å². The van der Waals surface area contributed by atoms with Crippen LogP contribution in [0.2, 0.25) is 0 Å². The molecule has 0 saturated carbocycles. The van der Waals surface area contributed by atoms with E-state index >= 15 is 0 Å². The minimum Gasteiger partial charge on any atom is -0.496 e. The summed E-state index contributed by atoms with van der Waals surface area (Å²) in [5.74, 6) is 0.652. The van der Waals surface area contributed by atoms with E-state index in [-0.39, 0.29) is 5.78 Å². The largest absolute Gasteiger partial charge is 0.496 e. The first-order chi connectivity index (χ1) is 7.11. The van der Waals surface area contributed by atoms with E-state index < -0.39 is 0 Å². The van der Waals surface area contributed by atoms with Gasteiger partial charge in [-0.25, -0.2) is 0 Å². The SMILES string of the molecule is COCc1ccc(C)c(OC)c1C(C)=O. The van der Waals surface area contributed by atoms with E-state index in [1.165, 1.54) is 6.92 Å². The zero-order chi connectivity index (χ0) is 11.4. The van der Waals surface area contributed by atoms with E-state index in [0.29, 0.717) is 17.9 Å². The monoisotopic (exact) mass is 208 g/mol. The van der Waals surface area contributed by atoms with Crippen molar-refractivity contribution in [2.45, 2.75) is 20.5 Å². The molecule has 0 aliphatic carbocycles. The first-order valence-electron chi connectivity index (χ1n) is 4.78. The number of aryl methyl sites for hydroxylation is 1. The molecule has 0 spiro atoms. The number of benzene rings is 1. The summed E-state index contributed by atoms with van der Waals surface area (Å²) < 4.78 is 10.3. The van der Waals surface area contributed by atoms with Crippen LogP contribution in [0.3, 0.4) is 0 Å². The van der Waals surface area contributed by atoms with Gasteiger partial charge in [0.25, 0.3) is 0 Å². The van der Waals surface area contributed by atoms with Crippen LogP contribution in [0.1, 0.15) is 28.4 Å². The summed E-state index contributed by atoms with van der Waals surface area (Å²) in [6.45, 7) is 3.88. The number of methoxy groups -OCH3 is 2. The quantitative estimate of drug-likeness (QED) is 0.712. The predicted molar refractivity (Wildman–Crippen MR) is 58.4 cm³/mol. The van der Waals surface area contributed by atoms with Crippen molar-refractivity contribution in [1.29, 1.82) is 0 Å². The van der Waals surface area contributed by atoms with Gasteiger partial charge in [0.2, 0.25) is 0 Å². The fourth-order valence-corrected chi connectivity index (χ4v) is 1.65. The second kappa shape index (κ2) is 4.94. The van der Waals surface area contributed by atoms with Crippen LogP contribution in [-0.4, -0.2) is 20.0 Å². The first-order valence-corrected chi connectivity index (χ1v) is 4.78. The molecule has 0 radical (unpaired) electrons. The molecule has 1 aromatic rings. The Balaban J connectivity index is 3.35. The number of ketones is 1. The molecule has 0 bridgehead atoms. The van der Waals surface area contributed by atoms with Gasteiger partial charge in [0, 0.05) is 7.11 Å². The molecule has 82 valence electrons. The lowest BCUT2D eigenvalue weighted by Crippen LogP contribution is -2.05. The van der Waals surface area contributed by atoms with Crippen LogP contribution in [0.5, 0.6) is 5.75 Å². The molecule has 0 fully saturated rings. The highest BCUT2D eigenvalue weighted by molar-refractivity contribution is 5.98. The van der Waals surface area contributed by atoms with Crippen molar-refractivity contribution in [1.82, 2.24) is 0 Å². The summed E-state index contributed by atoms with van der Waals surface area (Å²) in [4.78, 5) is 11.5. The van der Waals surface area contributed by atoms with Crippen LogP contribution in [0, 0.1) is 6.92 Å². The average Bonchev–Trinajstić information content (AvgIpc) is 2.20. The molecule has 15 heavy (non-hydrogen) atoms. The van der Waals surface area contributed by atoms with Gasteiger partial charge in [-0.15, -0.1) is 0 Å². The summed E-state index contributed by atoms with van der Waals surface area (Å²) in [5, 5.41) is 0. The first kappa shape index (κ1) is 11.7. The molecule has 0 aliphatic rings. The summed E-state index contributed by atoms with van der Waals surface area (Å²) in [6.07, 6.45) is 0. The Hall–Kier alpha value is -1.35. The molecule has 0 aliphatic heterocycles. The topological polar surface area (TPSA) is 35.5 Å². The Kier molecular flexibility index (Phi) is 3.86. The summed E-state index contributed by atoms with van der Waals surface area (Å²) in [7, 11) is 3.18. The summed E-state index contributed by atoms with van der Waals surface area (Å²) >= 11 is 0. The Bertz CT molecular complexity index is 369. The number of hydrogen-bond acceptors (Lipinski definition) is 3. The fourth-order valence-electron chi connectivity index (χ4n) is 1.65. The molecule has 0 atom stereocenters. The molecule has 0 unspecified atom stereocenters. The zero-order valence-electron chi connectivity index (χ0n) is 9.59. The third kappa shape index (κ3) is 2.36. The molecular formula is C12H16O3. The summed E-state index contributed by atoms with van der Waals surface area (Å²) in [6, 6.07) is 3.83. The molecule has 0 saturated heterocycles. The van der Waals surface area contributed by atoms with E-state index in [1.807, 2.05) is 19.1 Å². The molecule has 3 nitrogen and oxygen atoms in total. The van der Waals surface area contributed by atoms with Gasteiger partial charge in [-0.05, 0) is 25.0 Å². The van der Waals surface area contributed by atoms with Crippen LogP contribution < -0.4 is 4.74 Å². The second-order valence-corrected chi connectivity index (χ2v) is 3.44. The van der Waals surface area contributed by atoms with E-state index in [4.69, 9.17) is 9.47 Å². The second-order valence-electron chi connectivity index (χ2n) is 3.44. The van der Waals surface area contributed by atoms with Gasteiger partial charge in [-0.2, -0.15) is 0 Å². The van der Waals surface area contributed by atoms with Crippen molar-refractivity contribution >= 4 is 5.78 Å². The van der Waals surface area contributed by atoms with Crippen molar-refractivity contribution in [3.05, 3.63) is 28.8 Å². The van der Waals surface area contributed by atoms with Gasteiger partial charge in [-0.3, -0.25) is 4.79 Å². The number of Topliss-reactive ketones (excluding diaryl/α,β-unsaturated/α-hetero) is 1. The number of carbonyl (C=O) groups excluding carboxylic acids is 1. The predicted octanol–water partition coefficient (Wildman–Crippen LogP) is 2.35. The highest BCUT2D eigenvalue weighted by Gasteiger charge is 2.15. The van der Waals surface area contributed by atoms with Gasteiger partial charge < -0.3 is 9.47 Å². The van der Waals surface area contributed by atoms with E-state index in [1.54, 1.807) is 14.2 Å². The van der Waals surface area contributed by atoms with Crippen molar-refractivity contribution in [2.75, 3.05) is 14.2 Å². The number of ether oxygens (including phenoxy) is 2. The van der Waals surface area contributed by atoms with Crippen LogP contribution in [0.15, 0.2) is 12.1 Å². The van der Waals surface area contributed by atoms with E-state index in [0.717, 1.165) is 11.1 Å². The van der Waals surface area contributed by atoms with Crippen LogP contribution in [0.4, 0.5) is 0 Å². The van der Waals surface area contributed by atoms with Crippen molar-refractivity contribution in [3.8, 4) is 5.75 Å². The number of rotatable bonds is 4. The minimum atomic E-state index is 0.00241. The highest BCUT2D eigenvalue weighted by Crippen LogP contribution is 2.27. The molecule has 0 aromatic heterocycles. The maximum atomic E-state index is 11.5. The van der Waals surface area contributed by atoms with Gasteiger partial charge >= 0.3 is 0 Å². The normalized spacial score (nSPS) is 10.1. The molecule has 3 heteroatoms. The average molecular weight is 208 g/mol. The third-order valence-corrected chi connectivity index (χ3v) is 2.30. The Labute approximate surface area is 90.0 Å². The standard InChI is InChI=1S/C12H16O3/c1-8-5-6-10(7-14-3)11(9(2)13)12(8)15-4/h5-6H,7H2,1-4H3. The maximum absolute atomic E-state index is 11.5. The molecule has 0 amide bonds. The van der Waals surface area contributed by atoms with Crippen molar-refractivity contribution < 1.29 is 14.3 Å². The Morgan fingerprint density at radius 1 is 1.33 bits per heavy atom. The smallest absolute Gasteiger partial charge is 0.163 e. The van der Waals surface area contributed by atoms with Gasteiger partial charge in [-0.1, -0.05) is 12.1 Å². The van der Waals surface area contributed by atoms with Crippen molar-refractivity contribution in [3.63, 3.8) is 0 Å². The molecule has 1 rings (SSSR count). The number of hydrogen-bond donors (Lipinski definition) is 0. The molecule has 0 N–H and O–H groups in total. The highest BCUT2D eigenvalue weighted by atomic mass is 16.5. The Morgan fingerprint density at radius 3 is 2.47 bits per heavy atom. The lowest BCUT2D eigenvalue weighted by molar-refractivity contribution is 0.100. The van der Waals surface area contributed by atoms with Gasteiger partial charge in [0.1, 0.15) is 5.75 Å². The lowest BCUT2D eigenvalue weighted by Gasteiger charge is -2.13. The van der Waals surface area contributed by atoms with E-state index in [9.17, 15) is 4.79 Å². The maximum Gasteiger partial charge on any atom is 0.163 e.